The summed E-state index contributed by atoms with van der Waals surface area (Å²) >= 11 is 0. The first-order valence-electron chi connectivity index (χ1n) is 6.16. The maximum absolute atomic E-state index is 11.3. The highest BCUT2D eigenvalue weighted by molar-refractivity contribution is 5.75. The van der Waals surface area contributed by atoms with Crippen LogP contribution in [0.1, 0.15) is 40.0 Å². The van der Waals surface area contributed by atoms with Gasteiger partial charge in [0.15, 0.2) is 0 Å². The third-order valence-electron chi connectivity index (χ3n) is 2.59. The van der Waals surface area contributed by atoms with E-state index in [-0.39, 0.29) is 18.6 Å². The van der Waals surface area contributed by atoms with Crippen LogP contribution in [-0.2, 0) is 9.53 Å². The second kappa shape index (κ2) is 9.60. The lowest BCUT2D eigenvalue weighted by molar-refractivity contribution is -0.145. The molecule has 0 aromatic rings. The monoisotopic (exact) mass is 231 g/mol. The Labute approximate surface area is 98.4 Å². The first-order chi connectivity index (χ1) is 7.65. The Kier molecular flexibility index (Phi) is 9.24. The molecule has 16 heavy (non-hydrogen) atoms. The summed E-state index contributed by atoms with van der Waals surface area (Å²) in [5.41, 5.74) is 0. The van der Waals surface area contributed by atoms with Crippen molar-refractivity contribution in [3.8, 4) is 0 Å². The molecule has 4 nitrogen and oxygen atoms in total. The Hall–Kier alpha value is -0.610. The van der Waals surface area contributed by atoms with Gasteiger partial charge in [0.25, 0.3) is 0 Å². The second-order valence-corrected chi connectivity index (χ2v) is 4.05. The van der Waals surface area contributed by atoms with Gasteiger partial charge < -0.3 is 15.2 Å². The molecule has 0 heterocycles. The second-order valence-electron chi connectivity index (χ2n) is 4.05. The quantitative estimate of drug-likeness (QED) is 0.588. The summed E-state index contributed by atoms with van der Waals surface area (Å²) in [5.74, 6) is 0.230. The van der Waals surface area contributed by atoms with E-state index >= 15 is 0 Å². The van der Waals surface area contributed by atoms with Crippen molar-refractivity contribution in [1.29, 1.82) is 0 Å². The molecule has 0 saturated carbocycles. The Balaban J connectivity index is 3.84. The van der Waals surface area contributed by atoms with Crippen molar-refractivity contribution in [3.63, 3.8) is 0 Å². The van der Waals surface area contributed by atoms with Crippen LogP contribution < -0.4 is 5.32 Å². The molecule has 96 valence electrons. The SMILES string of the molecule is CCCC(CCO)CNC(C)C(=O)OCC. The summed E-state index contributed by atoms with van der Waals surface area (Å²) in [5, 5.41) is 12.1. The summed E-state index contributed by atoms with van der Waals surface area (Å²) < 4.78 is 4.91. The molecule has 0 fully saturated rings. The fourth-order valence-electron chi connectivity index (χ4n) is 1.63. The number of hydrogen-bond donors (Lipinski definition) is 2. The van der Waals surface area contributed by atoms with Gasteiger partial charge in [0.1, 0.15) is 6.04 Å². The molecule has 2 atom stereocenters. The van der Waals surface area contributed by atoms with Gasteiger partial charge in [-0.15, -0.1) is 0 Å². The number of rotatable bonds is 9. The zero-order chi connectivity index (χ0) is 12.4. The molecule has 0 amide bonds. The van der Waals surface area contributed by atoms with E-state index in [1.54, 1.807) is 13.8 Å². The van der Waals surface area contributed by atoms with Crippen LogP contribution in [0, 0.1) is 5.92 Å². The van der Waals surface area contributed by atoms with E-state index in [0.29, 0.717) is 12.5 Å². The number of carbonyl (C=O) groups is 1. The lowest BCUT2D eigenvalue weighted by Crippen LogP contribution is -2.38. The Morgan fingerprint density at radius 3 is 2.56 bits per heavy atom. The third-order valence-corrected chi connectivity index (χ3v) is 2.59. The first kappa shape index (κ1) is 15.4. The van der Waals surface area contributed by atoms with Crippen LogP contribution >= 0.6 is 0 Å². The van der Waals surface area contributed by atoms with Gasteiger partial charge in [-0.25, -0.2) is 0 Å². The van der Waals surface area contributed by atoms with Crippen LogP contribution in [-0.4, -0.2) is 36.9 Å². The summed E-state index contributed by atoms with van der Waals surface area (Å²) in [4.78, 5) is 11.3. The third kappa shape index (κ3) is 6.80. The van der Waals surface area contributed by atoms with Gasteiger partial charge in [0.2, 0.25) is 0 Å². The minimum atomic E-state index is -0.266. The Morgan fingerprint density at radius 1 is 1.38 bits per heavy atom. The van der Waals surface area contributed by atoms with Crippen molar-refractivity contribution >= 4 is 5.97 Å². The van der Waals surface area contributed by atoms with E-state index in [1.165, 1.54) is 0 Å². The number of ether oxygens (including phenoxy) is 1. The molecule has 0 aromatic heterocycles. The van der Waals surface area contributed by atoms with Gasteiger partial charge >= 0.3 is 5.97 Å². The summed E-state index contributed by atoms with van der Waals surface area (Å²) in [6, 6.07) is -0.266. The Bertz CT molecular complexity index is 179. The minimum Gasteiger partial charge on any atom is -0.465 e. The van der Waals surface area contributed by atoms with Crippen LogP contribution in [0.2, 0.25) is 0 Å². The maximum Gasteiger partial charge on any atom is 0.322 e. The lowest BCUT2D eigenvalue weighted by atomic mass is 10.00. The van der Waals surface area contributed by atoms with Crippen LogP contribution in [0.5, 0.6) is 0 Å². The zero-order valence-corrected chi connectivity index (χ0v) is 10.7. The number of nitrogens with one attached hydrogen (secondary N) is 1. The predicted molar refractivity (Wildman–Crippen MR) is 64.2 cm³/mol. The van der Waals surface area contributed by atoms with Crippen molar-refractivity contribution < 1.29 is 14.6 Å². The van der Waals surface area contributed by atoms with Crippen LogP contribution in [0.25, 0.3) is 0 Å². The van der Waals surface area contributed by atoms with E-state index in [2.05, 4.69) is 12.2 Å². The van der Waals surface area contributed by atoms with Crippen LogP contribution in [0.15, 0.2) is 0 Å². The summed E-state index contributed by atoms with van der Waals surface area (Å²) in [6.07, 6.45) is 2.96. The molecule has 2 unspecified atom stereocenters. The molecule has 0 rings (SSSR count). The highest BCUT2D eigenvalue weighted by Crippen LogP contribution is 2.09. The summed E-state index contributed by atoms with van der Waals surface area (Å²) in [6.45, 7) is 7.11. The van der Waals surface area contributed by atoms with Crippen molar-refractivity contribution in [3.05, 3.63) is 0 Å². The van der Waals surface area contributed by atoms with Gasteiger partial charge in [0, 0.05) is 6.61 Å². The fraction of sp³-hybridized carbons (Fsp3) is 0.917. The minimum absolute atomic E-state index is 0.207. The van der Waals surface area contributed by atoms with E-state index in [0.717, 1.165) is 25.8 Å². The van der Waals surface area contributed by atoms with Gasteiger partial charge in [-0.1, -0.05) is 13.3 Å². The smallest absolute Gasteiger partial charge is 0.322 e. The van der Waals surface area contributed by atoms with Gasteiger partial charge in [-0.3, -0.25) is 4.79 Å². The van der Waals surface area contributed by atoms with Crippen LogP contribution in [0.3, 0.4) is 0 Å². The van der Waals surface area contributed by atoms with Gasteiger partial charge in [-0.2, -0.15) is 0 Å². The molecule has 0 aliphatic rings. The number of aliphatic hydroxyl groups is 1. The standard InChI is InChI=1S/C12H25NO3/c1-4-6-11(7-8-14)9-13-10(3)12(15)16-5-2/h10-11,13-14H,4-9H2,1-3H3. The molecular weight excluding hydrogens is 206 g/mol. The van der Waals surface area contributed by atoms with Crippen molar-refractivity contribution in [1.82, 2.24) is 5.32 Å². The number of carbonyl (C=O) groups excluding carboxylic acids is 1. The maximum atomic E-state index is 11.3. The molecule has 0 saturated heterocycles. The number of esters is 1. The first-order valence-corrected chi connectivity index (χ1v) is 6.16. The summed E-state index contributed by atoms with van der Waals surface area (Å²) in [7, 11) is 0. The van der Waals surface area contributed by atoms with Crippen LogP contribution in [0.4, 0.5) is 0 Å². The molecule has 2 N–H and O–H groups in total. The lowest BCUT2D eigenvalue weighted by Gasteiger charge is -2.18. The van der Waals surface area contributed by atoms with E-state index in [9.17, 15) is 4.79 Å². The van der Waals surface area contributed by atoms with Crippen molar-refractivity contribution in [2.24, 2.45) is 5.92 Å². The van der Waals surface area contributed by atoms with E-state index in [1.807, 2.05) is 0 Å². The van der Waals surface area contributed by atoms with Gasteiger partial charge in [0.05, 0.1) is 6.61 Å². The normalized spacial score (nSPS) is 14.5. The topological polar surface area (TPSA) is 58.6 Å². The number of aliphatic hydroxyl groups excluding tert-OH is 1. The zero-order valence-electron chi connectivity index (χ0n) is 10.7. The highest BCUT2D eigenvalue weighted by atomic mass is 16.5. The van der Waals surface area contributed by atoms with Crippen molar-refractivity contribution in [2.75, 3.05) is 19.8 Å². The molecular formula is C12H25NO3. The molecule has 0 aliphatic carbocycles. The average Bonchev–Trinajstić information content (AvgIpc) is 2.26. The number of hydrogen-bond acceptors (Lipinski definition) is 4. The molecule has 0 aromatic carbocycles. The molecule has 0 spiro atoms. The fourth-order valence-corrected chi connectivity index (χ4v) is 1.63. The largest absolute Gasteiger partial charge is 0.465 e. The average molecular weight is 231 g/mol. The molecule has 0 radical (unpaired) electrons. The molecule has 0 bridgehead atoms. The van der Waals surface area contributed by atoms with E-state index < -0.39 is 0 Å². The Morgan fingerprint density at radius 2 is 2.06 bits per heavy atom. The molecule has 4 heteroatoms. The highest BCUT2D eigenvalue weighted by Gasteiger charge is 2.15. The molecule has 0 aliphatic heterocycles. The van der Waals surface area contributed by atoms with Crippen molar-refractivity contribution in [2.45, 2.75) is 46.1 Å². The van der Waals surface area contributed by atoms with E-state index in [4.69, 9.17) is 9.84 Å². The predicted octanol–water partition coefficient (Wildman–Crippen LogP) is 1.33. The van der Waals surface area contributed by atoms with Gasteiger partial charge in [-0.05, 0) is 39.2 Å².